The van der Waals surface area contributed by atoms with Crippen LogP contribution in [0.25, 0.3) is 0 Å². The maximum atomic E-state index is 11.8. The minimum absolute atomic E-state index is 0.0555. The van der Waals surface area contributed by atoms with E-state index in [1.54, 1.807) is 6.20 Å². The molecule has 1 aliphatic carbocycles. The van der Waals surface area contributed by atoms with E-state index in [2.05, 4.69) is 20.6 Å². The van der Waals surface area contributed by atoms with Gasteiger partial charge in [0.2, 0.25) is 5.91 Å². The lowest BCUT2D eigenvalue weighted by Crippen LogP contribution is -2.40. The Morgan fingerprint density at radius 3 is 3.00 bits per heavy atom. The Morgan fingerprint density at radius 2 is 2.24 bits per heavy atom. The molecule has 0 aromatic carbocycles. The lowest BCUT2D eigenvalue weighted by molar-refractivity contribution is -0.130. The molecule has 8 nitrogen and oxygen atoms in total. The molecule has 21 heavy (non-hydrogen) atoms. The summed E-state index contributed by atoms with van der Waals surface area (Å²) in [4.78, 5) is 43.9. The van der Waals surface area contributed by atoms with Crippen LogP contribution in [-0.4, -0.2) is 45.8 Å². The molecule has 1 aromatic rings. The quantitative estimate of drug-likeness (QED) is 0.701. The fourth-order valence-electron chi connectivity index (χ4n) is 2.43. The third-order valence-electron chi connectivity index (χ3n) is 3.55. The zero-order chi connectivity index (χ0) is 14.8. The molecule has 2 N–H and O–H groups in total. The standard InChI is InChI=1S/C13H15N5O3/c19-11(7-18-12(20)6-16-13(18)21)15-5-10-14-4-8-2-1-3-9(8)17-10/h4H,1-3,5-7H2,(H,15,19)(H,16,21). The maximum absolute atomic E-state index is 11.8. The van der Waals surface area contributed by atoms with Crippen molar-refractivity contribution in [3.8, 4) is 0 Å². The van der Waals surface area contributed by atoms with Gasteiger partial charge in [0, 0.05) is 11.9 Å². The molecule has 4 amide bonds. The summed E-state index contributed by atoms with van der Waals surface area (Å²) < 4.78 is 0. The SMILES string of the molecule is O=C(CN1C(=O)CNC1=O)NCc1ncc2c(n1)CCC2. The Balaban J connectivity index is 1.54. The summed E-state index contributed by atoms with van der Waals surface area (Å²) in [6.07, 6.45) is 4.84. The second-order valence-electron chi connectivity index (χ2n) is 5.03. The third-order valence-corrected chi connectivity index (χ3v) is 3.55. The van der Waals surface area contributed by atoms with Crippen LogP contribution in [0, 0.1) is 0 Å². The van der Waals surface area contributed by atoms with Gasteiger partial charge in [-0.25, -0.2) is 14.8 Å². The Morgan fingerprint density at radius 1 is 1.38 bits per heavy atom. The second-order valence-corrected chi connectivity index (χ2v) is 5.03. The van der Waals surface area contributed by atoms with Crippen LogP contribution in [0.15, 0.2) is 6.20 Å². The molecule has 3 rings (SSSR count). The summed E-state index contributed by atoms with van der Waals surface area (Å²) in [6.45, 7) is -0.147. The number of carbonyl (C=O) groups excluding carboxylic acids is 3. The van der Waals surface area contributed by atoms with E-state index >= 15 is 0 Å². The van der Waals surface area contributed by atoms with E-state index in [1.807, 2.05) is 0 Å². The van der Waals surface area contributed by atoms with Gasteiger partial charge in [-0.15, -0.1) is 0 Å². The van der Waals surface area contributed by atoms with Gasteiger partial charge in [0.1, 0.15) is 12.4 Å². The normalized spacial score (nSPS) is 16.9. The fraction of sp³-hybridized carbons (Fsp3) is 0.462. The maximum Gasteiger partial charge on any atom is 0.325 e. The number of aromatic nitrogens is 2. The Kier molecular flexibility index (Phi) is 3.51. The van der Waals surface area contributed by atoms with Gasteiger partial charge in [-0.2, -0.15) is 0 Å². The van der Waals surface area contributed by atoms with Crippen molar-refractivity contribution < 1.29 is 14.4 Å². The number of hydrogen-bond acceptors (Lipinski definition) is 5. The van der Waals surface area contributed by atoms with Crippen LogP contribution in [0.4, 0.5) is 4.79 Å². The summed E-state index contributed by atoms with van der Waals surface area (Å²) in [7, 11) is 0. The molecule has 1 aromatic heterocycles. The molecule has 1 saturated heterocycles. The van der Waals surface area contributed by atoms with Gasteiger partial charge < -0.3 is 10.6 Å². The van der Waals surface area contributed by atoms with Gasteiger partial charge in [-0.05, 0) is 24.8 Å². The average molecular weight is 289 g/mol. The number of urea groups is 1. The van der Waals surface area contributed by atoms with Gasteiger partial charge in [-0.3, -0.25) is 14.5 Å². The molecular weight excluding hydrogens is 274 g/mol. The first-order valence-corrected chi connectivity index (χ1v) is 6.82. The first-order valence-electron chi connectivity index (χ1n) is 6.82. The highest BCUT2D eigenvalue weighted by Gasteiger charge is 2.30. The van der Waals surface area contributed by atoms with Gasteiger partial charge in [0.25, 0.3) is 5.91 Å². The van der Waals surface area contributed by atoms with E-state index in [1.165, 1.54) is 5.56 Å². The van der Waals surface area contributed by atoms with E-state index < -0.39 is 17.8 Å². The van der Waals surface area contributed by atoms with Gasteiger partial charge in [-0.1, -0.05) is 0 Å². The van der Waals surface area contributed by atoms with Gasteiger partial charge in [0.15, 0.2) is 0 Å². The number of nitrogens with one attached hydrogen (secondary N) is 2. The number of imide groups is 1. The van der Waals surface area contributed by atoms with Crippen molar-refractivity contribution >= 4 is 17.8 Å². The van der Waals surface area contributed by atoms with Crippen molar-refractivity contribution in [1.29, 1.82) is 0 Å². The molecule has 1 fully saturated rings. The molecule has 0 atom stereocenters. The first kappa shape index (κ1) is 13.5. The molecule has 0 radical (unpaired) electrons. The van der Waals surface area contributed by atoms with Gasteiger partial charge >= 0.3 is 6.03 Å². The minimum atomic E-state index is -0.538. The van der Waals surface area contributed by atoms with Crippen molar-refractivity contribution in [3.05, 3.63) is 23.3 Å². The monoisotopic (exact) mass is 289 g/mol. The minimum Gasteiger partial charge on any atom is -0.347 e. The predicted molar refractivity (Wildman–Crippen MR) is 71.0 cm³/mol. The largest absolute Gasteiger partial charge is 0.347 e. The lowest BCUT2D eigenvalue weighted by Gasteiger charge is -2.12. The molecule has 1 aliphatic heterocycles. The zero-order valence-electron chi connectivity index (χ0n) is 11.4. The zero-order valence-corrected chi connectivity index (χ0v) is 11.4. The summed E-state index contributed by atoms with van der Waals surface area (Å²) in [5, 5.41) is 4.98. The van der Waals surface area contributed by atoms with Crippen LogP contribution < -0.4 is 10.6 Å². The van der Waals surface area contributed by atoms with Crippen molar-refractivity contribution in [2.45, 2.75) is 25.8 Å². The van der Waals surface area contributed by atoms with Crippen LogP contribution in [-0.2, 0) is 29.0 Å². The molecule has 2 heterocycles. The van der Waals surface area contributed by atoms with Crippen molar-refractivity contribution in [1.82, 2.24) is 25.5 Å². The lowest BCUT2D eigenvalue weighted by atomic mass is 10.3. The fourth-order valence-corrected chi connectivity index (χ4v) is 2.43. The molecule has 0 bridgehead atoms. The molecular formula is C13H15N5O3. The van der Waals surface area contributed by atoms with Crippen molar-refractivity contribution in [3.63, 3.8) is 0 Å². The highest BCUT2D eigenvalue weighted by Crippen LogP contribution is 2.18. The van der Waals surface area contributed by atoms with Crippen molar-refractivity contribution in [2.24, 2.45) is 0 Å². The number of rotatable bonds is 4. The van der Waals surface area contributed by atoms with Crippen LogP contribution in [0.2, 0.25) is 0 Å². The van der Waals surface area contributed by atoms with Crippen molar-refractivity contribution in [2.75, 3.05) is 13.1 Å². The summed E-state index contributed by atoms with van der Waals surface area (Å²) in [6, 6.07) is -0.538. The third kappa shape index (κ3) is 2.83. The summed E-state index contributed by atoms with van der Waals surface area (Å²) in [5.74, 6) is -0.269. The highest BCUT2D eigenvalue weighted by molar-refractivity contribution is 6.04. The first-order chi connectivity index (χ1) is 10.1. The molecule has 0 unspecified atom stereocenters. The molecule has 0 spiro atoms. The Hall–Kier alpha value is -2.51. The molecule has 0 saturated carbocycles. The van der Waals surface area contributed by atoms with Crippen LogP contribution in [0.5, 0.6) is 0 Å². The smallest absolute Gasteiger partial charge is 0.325 e. The second kappa shape index (κ2) is 5.47. The topological polar surface area (TPSA) is 104 Å². The van der Waals surface area contributed by atoms with Crippen LogP contribution in [0.3, 0.4) is 0 Å². The molecule has 8 heteroatoms. The summed E-state index contributed by atoms with van der Waals surface area (Å²) in [5.41, 5.74) is 2.22. The van der Waals surface area contributed by atoms with E-state index in [4.69, 9.17) is 0 Å². The summed E-state index contributed by atoms with van der Waals surface area (Å²) >= 11 is 0. The van der Waals surface area contributed by atoms with Crippen LogP contribution in [0.1, 0.15) is 23.5 Å². The Bertz CT molecular complexity index is 600. The number of amides is 4. The molecule has 2 aliphatic rings. The van der Waals surface area contributed by atoms with E-state index in [0.717, 1.165) is 29.9 Å². The Labute approximate surface area is 120 Å². The number of aryl methyl sites for hydroxylation is 2. The number of nitrogens with zero attached hydrogens (tertiary/aromatic N) is 3. The van der Waals surface area contributed by atoms with Crippen LogP contribution >= 0.6 is 0 Å². The predicted octanol–water partition coefficient (Wildman–Crippen LogP) is -0.867. The van der Waals surface area contributed by atoms with E-state index in [9.17, 15) is 14.4 Å². The highest BCUT2D eigenvalue weighted by atomic mass is 16.2. The number of fused-ring (bicyclic) bond motifs is 1. The molecule has 110 valence electrons. The number of carbonyl (C=O) groups is 3. The van der Waals surface area contributed by atoms with Gasteiger partial charge in [0.05, 0.1) is 13.1 Å². The van der Waals surface area contributed by atoms with E-state index in [0.29, 0.717) is 5.82 Å². The number of hydrogen-bond donors (Lipinski definition) is 2. The average Bonchev–Trinajstić information content (AvgIpc) is 3.06. The van der Waals surface area contributed by atoms with E-state index in [-0.39, 0.29) is 19.6 Å².